The van der Waals surface area contributed by atoms with E-state index >= 15 is 0 Å². The molecule has 2 aromatic heterocycles. The lowest BCUT2D eigenvalue weighted by Crippen LogP contribution is -2.19. The minimum atomic E-state index is -0.179. The lowest BCUT2D eigenvalue weighted by atomic mass is 10.0. The summed E-state index contributed by atoms with van der Waals surface area (Å²) in [5.74, 6) is 1.50. The van der Waals surface area contributed by atoms with Crippen LogP contribution < -0.4 is 24.6 Å². The number of rotatable bonds is 5. The highest BCUT2D eigenvalue weighted by Gasteiger charge is 2.30. The lowest BCUT2D eigenvalue weighted by molar-refractivity contribution is -0.114. The molecule has 0 saturated heterocycles. The van der Waals surface area contributed by atoms with Crippen molar-refractivity contribution in [3.05, 3.63) is 42.9 Å². The van der Waals surface area contributed by atoms with Crippen molar-refractivity contribution < 1.29 is 19.1 Å². The Labute approximate surface area is 201 Å². The van der Waals surface area contributed by atoms with Crippen LogP contribution in [0, 0.1) is 0 Å². The molecule has 4 aromatic rings. The van der Waals surface area contributed by atoms with Gasteiger partial charge in [-0.15, -0.1) is 0 Å². The average molecular weight is 473 g/mol. The molecule has 1 N–H and O–H groups in total. The number of anilines is 4. The fourth-order valence-corrected chi connectivity index (χ4v) is 4.39. The SMILES string of the molecule is COc1cc2ncc(N(C)C=O)c3c2c(c1-c1cnn(C)c1)Oc1ccc(NC(C)=O)cc1N3C. The summed E-state index contributed by atoms with van der Waals surface area (Å²) in [5, 5.41) is 7.87. The van der Waals surface area contributed by atoms with Gasteiger partial charge in [0.05, 0.1) is 53.0 Å². The van der Waals surface area contributed by atoms with Crippen molar-refractivity contribution in [1.82, 2.24) is 14.8 Å². The molecule has 0 fully saturated rings. The molecule has 10 heteroatoms. The average Bonchev–Trinajstić information content (AvgIpc) is 3.22. The van der Waals surface area contributed by atoms with E-state index in [-0.39, 0.29) is 5.91 Å². The fourth-order valence-electron chi connectivity index (χ4n) is 4.39. The number of hydrogen-bond donors (Lipinski definition) is 1. The molecule has 0 atom stereocenters. The zero-order valence-corrected chi connectivity index (χ0v) is 20.0. The maximum atomic E-state index is 11.8. The van der Waals surface area contributed by atoms with E-state index in [1.807, 2.05) is 37.3 Å². The number of hydrogen-bond acceptors (Lipinski definition) is 7. The Kier molecular flexibility index (Phi) is 5.28. The minimum Gasteiger partial charge on any atom is -0.496 e. The summed E-state index contributed by atoms with van der Waals surface area (Å²) in [6, 6.07) is 7.27. The Morgan fingerprint density at radius 1 is 1.23 bits per heavy atom. The highest BCUT2D eigenvalue weighted by molar-refractivity contribution is 6.11. The Hall–Kier alpha value is -4.60. The van der Waals surface area contributed by atoms with Crippen molar-refractivity contribution in [2.75, 3.05) is 36.3 Å². The molecule has 0 bridgehead atoms. The first kappa shape index (κ1) is 22.2. The number of fused-ring (bicyclic) bond motifs is 1. The third-order valence-corrected chi connectivity index (χ3v) is 5.97. The molecular formula is C25H24N6O4. The van der Waals surface area contributed by atoms with Crippen molar-refractivity contribution in [2.24, 2.45) is 7.05 Å². The summed E-state index contributed by atoms with van der Waals surface area (Å²) in [6.45, 7) is 1.46. The zero-order valence-electron chi connectivity index (χ0n) is 20.0. The van der Waals surface area contributed by atoms with Crippen LogP contribution in [0.1, 0.15) is 6.92 Å². The van der Waals surface area contributed by atoms with E-state index in [0.717, 1.165) is 23.0 Å². The van der Waals surface area contributed by atoms with Gasteiger partial charge in [-0.25, -0.2) is 0 Å². The molecule has 2 aromatic carbocycles. The highest BCUT2D eigenvalue weighted by Crippen LogP contribution is 2.55. The molecule has 0 unspecified atom stereocenters. The maximum absolute atomic E-state index is 11.8. The van der Waals surface area contributed by atoms with Crippen molar-refractivity contribution >= 4 is 46.0 Å². The van der Waals surface area contributed by atoms with Gasteiger partial charge in [0, 0.05) is 51.6 Å². The Bertz CT molecular complexity index is 1500. The first-order chi connectivity index (χ1) is 16.8. The summed E-state index contributed by atoms with van der Waals surface area (Å²) in [5.41, 5.74) is 4.82. The monoisotopic (exact) mass is 472 g/mol. The summed E-state index contributed by atoms with van der Waals surface area (Å²) in [4.78, 5) is 31.5. The molecule has 3 heterocycles. The van der Waals surface area contributed by atoms with Crippen molar-refractivity contribution in [1.29, 1.82) is 0 Å². The molecule has 1 aliphatic heterocycles. The molecule has 10 nitrogen and oxygen atoms in total. The summed E-state index contributed by atoms with van der Waals surface area (Å²) < 4.78 is 14.1. The van der Waals surface area contributed by atoms with E-state index in [9.17, 15) is 9.59 Å². The Morgan fingerprint density at radius 3 is 2.69 bits per heavy atom. The second-order valence-corrected chi connectivity index (χ2v) is 8.31. The van der Waals surface area contributed by atoms with Gasteiger partial charge in [-0.3, -0.25) is 19.3 Å². The van der Waals surface area contributed by atoms with Crippen LogP contribution in [0.3, 0.4) is 0 Å². The van der Waals surface area contributed by atoms with Crippen molar-refractivity contribution in [2.45, 2.75) is 6.92 Å². The van der Waals surface area contributed by atoms with Crippen LogP contribution in [0.4, 0.5) is 22.7 Å². The quantitative estimate of drug-likeness (QED) is 0.437. The van der Waals surface area contributed by atoms with Gasteiger partial charge in [-0.05, 0) is 18.2 Å². The number of pyridine rings is 1. The summed E-state index contributed by atoms with van der Waals surface area (Å²) in [7, 11) is 7.00. The van der Waals surface area contributed by atoms with Gasteiger partial charge in [-0.1, -0.05) is 0 Å². The molecule has 5 rings (SSSR count). The van der Waals surface area contributed by atoms with E-state index in [0.29, 0.717) is 45.4 Å². The molecule has 0 aliphatic carbocycles. The first-order valence-electron chi connectivity index (χ1n) is 10.9. The standard InChI is InChI=1S/C25H24N6O4/c1-14(33)28-16-6-7-20-18(8-16)31(4)24-19(29(2)13-32)11-26-17-9-21(34-5)22(25(35-20)23(17)24)15-10-27-30(3)12-15/h6-13H,1-5H3,(H,28,33). The molecule has 35 heavy (non-hydrogen) atoms. The maximum Gasteiger partial charge on any atom is 0.221 e. The van der Waals surface area contributed by atoms with Gasteiger partial charge < -0.3 is 24.6 Å². The van der Waals surface area contributed by atoms with E-state index in [4.69, 9.17) is 9.47 Å². The van der Waals surface area contributed by atoms with Gasteiger partial charge in [0.1, 0.15) is 5.75 Å². The normalized spacial score (nSPS) is 12.0. The van der Waals surface area contributed by atoms with E-state index < -0.39 is 0 Å². The van der Waals surface area contributed by atoms with Crippen molar-refractivity contribution in [3.8, 4) is 28.4 Å². The van der Waals surface area contributed by atoms with Gasteiger partial charge in [-0.2, -0.15) is 5.10 Å². The number of methoxy groups -OCH3 is 1. The number of nitrogens with one attached hydrogen (secondary N) is 1. The molecule has 1 aliphatic rings. The van der Waals surface area contributed by atoms with Crippen LogP contribution in [-0.4, -0.2) is 48.3 Å². The third-order valence-electron chi connectivity index (χ3n) is 5.97. The van der Waals surface area contributed by atoms with Crippen LogP contribution in [0.25, 0.3) is 22.0 Å². The predicted octanol–water partition coefficient (Wildman–Crippen LogP) is 4.07. The Balaban J connectivity index is 1.90. The largest absolute Gasteiger partial charge is 0.496 e. The summed E-state index contributed by atoms with van der Waals surface area (Å²) >= 11 is 0. The smallest absolute Gasteiger partial charge is 0.221 e. The Morgan fingerprint density at radius 2 is 2.03 bits per heavy atom. The lowest BCUT2D eigenvalue weighted by Gasteiger charge is -2.26. The topological polar surface area (TPSA) is 102 Å². The number of amides is 2. The number of carbonyl (C=O) groups excluding carboxylic acids is 2. The fraction of sp³-hybridized carbons (Fsp3) is 0.200. The van der Waals surface area contributed by atoms with E-state index in [2.05, 4.69) is 15.4 Å². The van der Waals surface area contributed by atoms with Gasteiger partial charge in [0.2, 0.25) is 12.3 Å². The molecule has 0 spiro atoms. The molecule has 2 amide bonds. The molecule has 0 radical (unpaired) electrons. The third kappa shape index (κ3) is 3.59. The van der Waals surface area contributed by atoms with Crippen LogP contribution in [0.15, 0.2) is 42.9 Å². The first-order valence-corrected chi connectivity index (χ1v) is 10.9. The van der Waals surface area contributed by atoms with Crippen molar-refractivity contribution in [3.63, 3.8) is 0 Å². The second-order valence-electron chi connectivity index (χ2n) is 8.31. The minimum absolute atomic E-state index is 0.179. The number of aryl methyl sites for hydroxylation is 1. The molecule has 0 saturated carbocycles. The van der Waals surface area contributed by atoms with E-state index in [1.54, 1.807) is 43.4 Å². The van der Waals surface area contributed by atoms with E-state index in [1.165, 1.54) is 11.8 Å². The zero-order chi connectivity index (χ0) is 24.9. The van der Waals surface area contributed by atoms with Gasteiger partial charge in [0.15, 0.2) is 11.5 Å². The number of aromatic nitrogens is 3. The summed E-state index contributed by atoms with van der Waals surface area (Å²) in [6.07, 6.45) is 6.01. The van der Waals surface area contributed by atoms with Gasteiger partial charge >= 0.3 is 0 Å². The molecule has 178 valence electrons. The van der Waals surface area contributed by atoms with Crippen LogP contribution in [0.5, 0.6) is 17.2 Å². The second kappa shape index (κ2) is 8.32. The number of nitrogens with zero attached hydrogens (tertiary/aromatic N) is 5. The van der Waals surface area contributed by atoms with Crippen LogP contribution in [-0.2, 0) is 16.6 Å². The predicted molar refractivity (Wildman–Crippen MR) is 134 cm³/mol. The number of carbonyl (C=O) groups is 2. The molecular weight excluding hydrogens is 448 g/mol. The van der Waals surface area contributed by atoms with Crippen LogP contribution >= 0.6 is 0 Å². The van der Waals surface area contributed by atoms with Crippen LogP contribution in [0.2, 0.25) is 0 Å². The number of benzene rings is 2. The number of ether oxygens (including phenoxy) is 2. The highest BCUT2D eigenvalue weighted by atomic mass is 16.5. The van der Waals surface area contributed by atoms with Gasteiger partial charge in [0.25, 0.3) is 0 Å².